The van der Waals surface area contributed by atoms with Crippen LogP contribution in [0.5, 0.6) is 5.75 Å². The van der Waals surface area contributed by atoms with Crippen molar-refractivity contribution in [2.45, 2.75) is 18.4 Å². The van der Waals surface area contributed by atoms with Gasteiger partial charge in [0.25, 0.3) is 0 Å². The first-order valence-corrected chi connectivity index (χ1v) is 10.6. The minimum atomic E-state index is -3.77. The quantitative estimate of drug-likeness (QED) is 0.434. The summed E-state index contributed by atoms with van der Waals surface area (Å²) in [6, 6.07) is 8.14. The van der Waals surface area contributed by atoms with Crippen LogP contribution in [0.15, 0.2) is 53.7 Å². The first-order chi connectivity index (χ1) is 14.6. The number of nitrogens with zero attached hydrogens (tertiary/aromatic N) is 3. The summed E-state index contributed by atoms with van der Waals surface area (Å²) in [5, 5.41) is 17.6. The zero-order chi connectivity index (χ0) is 22.3. The Balaban J connectivity index is 1.67. The lowest BCUT2D eigenvalue weighted by molar-refractivity contribution is 0.396. The Bertz CT molecular complexity index is 1380. The minimum absolute atomic E-state index is 0.0124. The van der Waals surface area contributed by atoms with Crippen molar-refractivity contribution in [3.8, 4) is 17.0 Å². The number of sulfonamides is 1. The lowest BCUT2D eigenvalue weighted by Crippen LogP contribution is -2.12. The molecule has 2 aromatic carbocycles. The Hall–Kier alpha value is -3.57. The maximum Gasteiger partial charge on any atom is 0.238 e. The summed E-state index contributed by atoms with van der Waals surface area (Å²) < 4.78 is 52.1. The average molecular weight is 445 g/mol. The number of imidazole rings is 1. The van der Waals surface area contributed by atoms with Crippen LogP contribution in [-0.4, -0.2) is 27.9 Å². The largest absolute Gasteiger partial charge is 0.503 e. The highest BCUT2D eigenvalue weighted by atomic mass is 32.2. The Kier molecular flexibility index (Phi) is 5.07. The number of aryl methyl sites for hydroxylation is 1. The second-order valence-electron chi connectivity index (χ2n) is 6.85. The summed E-state index contributed by atoms with van der Waals surface area (Å²) in [5.41, 5.74) is 2.40. The zero-order valence-corrected chi connectivity index (χ0v) is 17.0. The molecule has 0 unspecified atom stereocenters. The molecule has 0 amide bonds. The summed E-state index contributed by atoms with van der Waals surface area (Å²) in [4.78, 5) is 8.75. The monoisotopic (exact) mass is 445 g/mol. The topological polar surface area (TPSA) is 123 Å². The number of phenolic OH excluding ortho intramolecular Hbond substituents is 1. The molecule has 11 heteroatoms. The van der Waals surface area contributed by atoms with Crippen molar-refractivity contribution >= 4 is 21.5 Å². The molecule has 4 aromatic rings. The number of fused-ring (bicyclic) bond motifs is 1. The number of benzene rings is 2. The summed E-state index contributed by atoms with van der Waals surface area (Å²) >= 11 is 0. The fourth-order valence-electron chi connectivity index (χ4n) is 3.25. The number of anilines is 1. The van der Waals surface area contributed by atoms with Crippen LogP contribution in [0.1, 0.15) is 11.3 Å². The van der Waals surface area contributed by atoms with E-state index in [1.807, 2.05) is 0 Å². The van der Waals surface area contributed by atoms with E-state index in [2.05, 4.69) is 15.3 Å². The van der Waals surface area contributed by atoms with Crippen LogP contribution >= 0.6 is 0 Å². The van der Waals surface area contributed by atoms with Gasteiger partial charge in [-0.3, -0.25) is 4.40 Å². The summed E-state index contributed by atoms with van der Waals surface area (Å²) in [7, 11) is -3.77. The molecule has 0 spiro atoms. The van der Waals surface area contributed by atoms with Gasteiger partial charge in [0.1, 0.15) is 0 Å². The van der Waals surface area contributed by atoms with Crippen LogP contribution in [0.25, 0.3) is 16.9 Å². The molecule has 0 bridgehead atoms. The molecule has 2 heterocycles. The summed E-state index contributed by atoms with van der Waals surface area (Å²) in [5.74, 6) is -2.75. The number of primary sulfonamides is 1. The second kappa shape index (κ2) is 7.60. The summed E-state index contributed by atoms with van der Waals surface area (Å²) in [6.45, 7) is 2.02. The van der Waals surface area contributed by atoms with Gasteiger partial charge in [0.05, 0.1) is 16.3 Å². The fourth-order valence-corrected chi connectivity index (χ4v) is 3.76. The Morgan fingerprint density at radius 3 is 2.42 bits per heavy atom. The molecule has 4 N–H and O–H groups in total. The maximum atomic E-state index is 13.9. The minimum Gasteiger partial charge on any atom is -0.503 e. The van der Waals surface area contributed by atoms with E-state index in [1.165, 1.54) is 18.3 Å². The third-order valence-electron chi connectivity index (χ3n) is 4.72. The number of hydrogen-bond acceptors (Lipinski definition) is 6. The van der Waals surface area contributed by atoms with E-state index in [0.29, 0.717) is 29.4 Å². The number of phenols is 1. The zero-order valence-electron chi connectivity index (χ0n) is 16.2. The van der Waals surface area contributed by atoms with E-state index in [1.54, 1.807) is 29.7 Å². The van der Waals surface area contributed by atoms with Crippen molar-refractivity contribution in [3.05, 3.63) is 71.7 Å². The van der Waals surface area contributed by atoms with E-state index in [9.17, 15) is 22.3 Å². The molecule has 0 saturated carbocycles. The molecule has 8 nitrogen and oxygen atoms in total. The Labute approximate surface area is 176 Å². The molecule has 0 atom stereocenters. The van der Waals surface area contributed by atoms with Crippen molar-refractivity contribution in [2.75, 3.05) is 5.32 Å². The number of rotatable bonds is 5. The van der Waals surface area contributed by atoms with Crippen LogP contribution in [-0.2, 0) is 16.6 Å². The molecule has 0 aliphatic heterocycles. The van der Waals surface area contributed by atoms with Crippen LogP contribution in [0, 0.1) is 18.6 Å². The number of aromatic hydroxyl groups is 1. The molecule has 160 valence electrons. The van der Waals surface area contributed by atoms with Crippen LogP contribution in [0.3, 0.4) is 0 Å². The third kappa shape index (κ3) is 3.92. The Morgan fingerprint density at radius 2 is 1.81 bits per heavy atom. The van der Waals surface area contributed by atoms with E-state index in [0.717, 1.165) is 17.7 Å². The predicted octanol–water partition coefficient (Wildman–Crippen LogP) is 2.95. The van der Waals surface area contributed by atoms with Gasteiger partial charge in [0, 0.05) is 24.5 Å². The first-order valence-electron chi connectivity index (χ1n) is 9.03. The third-order valence-corrected chi connectivity index (χ3v) is 5.65. The SMILES string of the molecule is Cc1nc2c(NCc3ccc(S(N)(=O)=O)cc3)nccn2c1-c1cc(F)c(O)c(F)c1. The standard InChI is InChI=1S/C20H17F2N5O3S/c1-11-17(13-8-15(21)18(28)16(22)9-13)27-7-6-24-19(20(27)26-11)25-10-12-2-4-14(5-3-12)31(23,29)30/h2-9,28H,10H2,1H3,(H,24,25)(H2,23,29,30). The van der Waals surface area contributed by atoms with Crippen LogP contribution in [0.4, 0.5) is 14.6 Å². The van der Waals surface area contributed by atoms with Gasteiger partial charge >= 0.3 is 0 Å². The van der Waals surface area contributed by atoms with Crippen LogP contribution < -0.4 is 10.5 Å². The van der Waals surface area contributed by atoms with Gasteiger partial charge in [0.2, 0.25) is 10.0 Å². The van der Waals surface area contributed by atoms with Gasteiger partial charge in [-0.05, 0) is 36.8 Å². The number of nitrogens with two attached hydrogens (primary N) is 1. The molecular formula is C20H17F2N5O3S. The molecule has 0 saturated heterocycles. The molecule has 2 aromatic heterocycles. The maximum absolute atomic E-state index is 13.9. The first kappa shape index (κ1) is 20.7. The molecule has 0 radical (unpaired) electrons. The average Bonchev–Trinajstić information content (AvgIpc) is 3.06. The van der Waals surface area contributed by atoms with Gasteiger partial charge < -0.3 is 10.4 Å². The van der Waals surface area contributed by atoms with Crippen LogP contribution in [0.2, 0.25) is 0 Å². The molecule has 0 fully saturated rings. The van der Waals surface area contributed by atoms with Crippen molar-refractivity contribution in [3.63, 3.8) is 0 Å². The molecule has 0 aliphatic carbocycles. The van der Waals surface area contributed by atoms with E-state index in [4.69, 9.17) is 5.14 Å². The smallest absolute Gasteiger partial charge is 0.238 e. The normalized spacial score (nSPS) is 11.7. The lowest BCUT2D eigenvalue weighted by Gasteiger charge is -2.09. The lowest BCUT2D eigenvalue weighted by atomic mass is 10.1. The van der Waals surface area contributed by atoms with Gasteiger partial charge in [-0.2, -0.15) is 0 Å². The number of hydrogen-bond donors (Lipinski definition) is 3. The Morgan fingerprint density at radius 1 is 1.16 bits per heavy atom. The molecule has 4 rings (SSSR count). The second-order valence-corrected chi connectivity index (χ2v) is 8.41. The molecule has 31 heavy (non-hydrogen) atoms. The highest BCUT2D eigenvalue weighted by Gasteiger charge is 2.18. The highest BCUT2D eigenvalue weighted by molar-refractivity contribution is 7.89. The highest BCUT2D eigenvalue weighted by Crippen LogP contribution is 2.31. The number of aromatic nitrogens is 3. The fraction of sp³-hybridized carbons (Fsp3) is 0.100. The predicted molar refractivity (Wildman–Crippen MR) is 110 cm³/mol. The molecular weight excluding hydrogens is 428 g/mol. The van der Waals surface area contributed by atoms with E-state index >= 15 is 0 Å². The van der Waals surface area contributed by atoms with E-state index in [-0.39, 0.29) is 10.5 Å². The van der Waals surface area contributed by atoms with Crippen molar-refractivity contribution in [1.82, 2.24) is 14.4 Å². The van der Waals surface area contributed by atoms with Crippen molar-refractivity contribution < 1.29 is 22.3 Å². The van der Waals surface area contributed by atoms with Gasteiger partial charge in [-0.25, -0.2) is 32.3 Å². The number of nitrogens with one attached hydrogen (secondary N) is 1. The van der Waals surface area contributed by atoms with E-state index < -0.39 is 27.4 Å². The van der Waals surface area contributed by atoms with Gasteiger partial charge in [-0.1, -0.05) is 12.1 Å². The van der Waals surface area contributed by atoms with Gasteiger partial charge in [0.15, 0.2) is 28.8 Å². The number of halogens is 2. The van der Waals surface area contributed by atoms with Gasteiger partial charge in [-0.15, -0.1) is 0 Å². The van der Waals surface area contributed by atoms with Crippen molar-refractivity contribution in [1.29, 1.82) is 0 Å². The van der Waals surface area contributed by atoms with Crippen molar-refractivity contribution in [2.24, 2.45) is 5.14 Å². The molecule has 0 aliphatic rings. The summed E-state index contributed by atoms with van der Waals surface area (Å²) in [6.07, 6.45) is 3.12.